The van der Waals surface area contributed by atoms with E-state index in [1.165, 1.54) is 11.4 Å². The van der Waals surface area contributed by atoms with Crippen LogP contribution in [0.25, 0.3) is 0 Å². The van der Waals surface area contributed by atoms with Crippen molar-refractivity contribution < 1.29 is 22.7 Å². The number of hydrogen-bond donors (Lipinski definition) is 1. The third kappa shape index (κ3) is 7.01. The van der Waals surface area contributed by atoms with Crippen molar-refractivity contribution in [2.24, 2.45) is 0 Å². The number of aryl methyl sites for hydroxylation is 1. The molecule has 0 bridgehead atoms. The SMILES string of the molecule is COC(=O)CSc1nnc(NC(=O)c2ccc(N(Cc3ccc(C)cc3)S(C)(=O)=O)cc2)s1. The molecule has 1 amide bonds. The van der Waals surface area contributed by atoms with Crippen molar-refractivity contribution in [2.75, 3.05) is 28.7 Å². The maximum atomic E-state index is 12.6. The van der Waals surface area contributed by atoms with Crippen LogP contribution in [0, 0.1) is 6.92 Å². The molecule has 0 unspecified atom stereocenters. The molecule has 0 fully saturated rings. The van der Waals surface area contributed by atoms with Gasteiger partial charge in [-0.05, 0) is 36.8 Å². The van der Waals surface area contributed by atoms with Gasteiger partial charge < -0.3 is 4.74 Å². The lowest BCUT2D eigenvalue weighted by Crippen LogP contribution is -2.29. The van der Waals surface area contributed by atoms with Crippen LogP contribution in [-0.2, 0) is 26.1 Å². The molecule has 0 radical (unpaired) electrons. The monoisotopic (exact) mass is 506 g/mol. The number of benzene rings is 2. The van der Waals surface area contributed by atoms with Gasteiger partial charge in [0, 0.05) is 5.56 Å². The number of sulfonamides is 1. The Morgan fingerprint density at radius 1 is 1.09 bits per heavy atom. The molecule has 0 aliphatic heterocycles. The molecule has 9 nitrogen and oxygen atoms in total. The average molecular weight is 507 g/mol. The lowest BCUT2D eigenvalue weighted by Gasteiger charge is -2.23. The van der Waals surface area contributed by atoms with E-state index in [2.05, 4.69) is 20.3 Å². The first kappa shape index (κ1) is 24.7. The van der Waals surface area contributed by atoms with Crippen molar-refractivity contribution in [3.63, 3.8) is 0 Å². The Balaban J connectivity index is 1.68. The van der Waals surface area contributed by atoms with Crippen molar-refractivity contribution in [2.45, 2.75) is 17.8 Å². The summed E-state index contributed by atoms with van der Waals surface area (Å²) in [4.78, 5) is 23.8. The Morgan fingerprint density at radius 2 is 1.76 bits per heavy atom. The Hall–Kier alpha value is -2.96. The first-order valence-electron chi connectivity index (χ1n) is 9.63. The number of hydrogen-bond acceptors (Lipinski definition) is 9. The molecule has 12 heteroatoms. The summed E-state index contributed by atoms with van der Waals surface area (Å²) in [5.41, 5.74) is 2.73. The predicted molar refractivity (Wildman–Crippen MR) is 129 cm³/mol. The second-order valence-corrected chi connectivity index (χ2v) is 11.1. The topological polar surface area (TPSA) is 119 Å². The summed E-state index contributed by atoms with van der Waals surface area (Å²) in [5, 5.41) is 10.7. The van der Waals surface area contributed by atoms with Gasteiger partial charge in [0.2, 0.25) is 15.2 Å². The summed E-state index contributed by atoms with van der Waals surface area (Å²) in [6.07, 6.45) is 1.15. The minimum absolute atomic E-state index is 0.0972. The van der Waals surface area contributed by atoms with Gasteiger partial charge in [0.05, 0.1) is 31.4 Å². The van der Waals surface area contributed by atoms with Crippen LogP contribution in [0.15, 0.2) is 52.9 Å². The zero-order chi connectivity index (χ0) is 24.0. The van der Waals surface area contributed by atoms with Crippen molar-refractivity contribution in [1.82, 2.24) is 10.2 Å². The van der Waals surface area contributed by atoms with Crippen LogP contribution in [0.4, 0.5) is 10.8 Å². The smallest absolute Gasteiger partial charge is 0.316 e. The molecule has 0 aliphatic rings. The van der Waals surface area contributed by atoms with Gasteiger partial charge in [-0.3, -0.25) is 19.2 Å². The van der Waals surface area contributed by atoms with Crippen LogP contribution in [0.3, 0.4) is 0 Å². The van der Waals surface area contributed by atoms with Crippen molar-refractivity contribution in [3.8, 4) is 0 Å². The van der Waals surface area contributed by atoms with Crippen LogP contribution < -0.4 is 9.62 Å². The quantitative estimate of drug-likeness (QED) is 0.267. The first-order chi connectivity index (χ1) is 15.7. The highest BCUT2D eigenvalue weighted by Crippen LogP contribution is 2.26. The number of ether oxygens (including phenoxy) is 1. The van der Waals surface area contributed by atoms with Gasteiger partial charge in [-0.15, -0.1) is 10.2 Å². The maximum absolute atomic E-state index is 12.6. The second-order valence-electron chi connectivity index (χ2n) is 6.99. The molecule has 0 aliphatic carbocycles. The van der Waals surface area contributed by atoms with Gasteiger partial charge in [-0.2, -0.15) is 0 Å². The predicted octanol–water partition coefficient (Wildman–Crippen LogP) is 3.33. The van der Waals surface area contributed by atoms with E-state index in [1.807, 2.05) is 31.2 Å². The van der Waals surface area contributed by atoms with Crippen molar-refractivity contribution >= 4 is 55.8 Å². The summed E-state index contributed by atoms with van der Waals surface area (Å²) in [6.45, 7) is 2.15. The standard InChI is InChI=1S/C21H22N4O5S3/c1-14-4-6-15(7-5-14)12-25(33(3,28)29)17-10-8-16(9-11-17)19(27)22-20-23-24-21(32-20)31-13-18(26)30-2/h4-11H,12-13H2,1-3H3,(H,22,23,27). The number of amides is 1. The number of thioether (sulfide) groups is 1. The fourth-order valence-corrected chi connectivity index (χ4v) is 5.17. The molecule has 0 saturated heterocycles. The maximum Gasteiger partial charge on any atom is 0.316 e. The van der Waals surface area contributed by atoms with Crippen LogP contribution in [0.1, 0.15) is 21.5 Å². The molecule has 3 rings (SSSR count). The normalized spacial score (nSPS) is 11.1. The van der Waals surface area contributed by atoms with Crippen LogP contribution in [-0.4, -0.2) is 49.6 Å². The lowest BCUT2D eigenvalue weighted by atomic mass is 10.1. The molecule has 0 saturated carbocycles. The summed E-state index contributed by atoms with van der Waals surface area (Å²) in [6, 6.07) is 13.9. The Bertz CT molecular complexity index is 1230. The van der Waals surface area contributed by atoms with Crippen LogP contribution in [0.5, 0.6) is 0 Å². The van der Waals surface area contributed by atoms with Crippen LogP contribution >= 0.6 is 23.1 Å². The van der Waals surface area contributed by atoms with Gasteiger partial charge in [0.15, 0.2) is 4.34 Å². The third-order valence-electron chi connectivity index (χ3n) is 4.43. The fourth-order valence-electron chi connectivity index (χ4n) is 2.71. The number of aromatic nitrogens is 2. The van der Waals surface area contributed by atoms with Gasteiger partial charge in [0.1, 0.15) is 0 Å². The van der Waals surface area contributed by atoms with E-state index in [4.69, 9.17) is 0 Å². The van der Waals surface area contributed by atoms with Crippen molar-refractivity contribution in [1.29, 1.82) is 0 Å². The fraction of sp³-hybridized carbons (Fsp3) is 0.238. The van der Waals surface area contributed by atoms with Crippen molar-refractivity contribution in [3.05, 3.63) is 65.2 Å². The number of esters is 1. The van der Waals surface area contributed by atoms with Crippen LogP contribution in [0.2, 0.25) is 0 Å². The highest BCUT2D eigenvalue weighted by Gasteiger charge is 2.19. The Kier molecular flexibility index (Phi) is 8.06. The number of carbonyl (C=O) groups excluding carboxylic acids is 2. The highest BCUT2D eigenvalue weighted by molar-refractivity contribution is 8.01. The largest absolute Gasteiger partial charge is 0.468 e. The molecular weight excluding hydrogens is 484 g/mol. The molecular formula is C21H22N4O5S3. The summed E-state index contributed by atoms with van der Waals surface area (Å²) in [5.74, 6) is -0.696. The molecule has 0 spiro atoms. The Labute approximate surface area is 200 Å². The number of rotatable bonds is 9. The zero-order valence-corrected chi connectivity index (χ0v) is 20.6. The summed E-state index contributed by atoms with van der Waals surface area (Å²) in [7, 11) is -2.23. The van der Waals surface area contributed by atoms with E-state index in [9.17, 15) is 18.0 Å². The average Bonchev–Trinajstić information content (AvgIpc) is 3.23. The number of anilines is 2. The van der Waals surface area contributed by atoms with Gasteiger partial charge in [-0.25, -0.2) is 8.42 Å². The van der Waals surface area contributed by atoms with E-state index in [1.54, 1.807) is 24.3 Å². The number of carbonyl (C=O) groups is 2. The minimum atomic E-state index is -3.54. The van der Waals surface area contributed by atoms with E-state index < -0.39 is 15.9 Å². The minimum Gasteiger partial charge on any atom is -0.468 e. The molecule has 3 aromatic rings. The summed E-state index contributed by atoms with van der Waals surface area (Å²) < 4.78 is 31.1. The molecule has 1 heterocycles. The van der Waals surface area contributed by atoms with E-state index in [0.29, 0.717) is 15.6 Å². The molecule has 1 aromatic heterocycles. The van der Waals surface area contributed by atoms with Gasteiger partial charge in [-0.1, -0.05) is 52.9 Å². The lowest BCUT2D eigenvalue weighted by molar-refractivity contribution is -0.137. The molecule has 0 atom stereocenters. The van der Waals surface area contributed by atoms with E-state index in [0.717, 1.165) is 40.5 Å². The molecule has 33 heavy (non-hydrogen) atoms. The molecule has 174 valence electrons. The molecule has 2 aromatic carbocycles. The summed E-state index contributed by atoms with van der Waals surface area (Å²) >= 11 is 2.30. The van der Waals surface area contributed by atoms with Gasteiger partial charge >= 0.3 is 5.97 Å². The third-order valence-corrected chi connectivity index (χ3v) is 7.52. The van der Waals surface area contributed by atoms with Gasteiger partial charge in [0.25, 0.3) is 5.91 Å². The molecule has 1 N–H and O–H groups in total. The number of methoxy groups -OCH3 is 1. The Morgan fingerprint density at radius 3 is 2.36 bits per heavy atom. The first-order valence-corrected chi connectivity index (χ1v) is 13.3. The highest BCUT2D eigenvalue weighted by atomic mass is 32.2. The number of nitrogens with zero attached hydrogens (tertiary/aromatic N) is 3. The van der Waals surface area contributed by atoms with E-state index >= 15 is 0 Å². The van der Waals surface area contributed by atoms with E-state index in [-0.39, 0.29) is 23.4 Å². The number of nitrogens with one attached hydrogen (secondary N) is 1. The second kappa shape index (κ2) is 10.8. The zero-order valence-electron chi connectivity index (χ0n) is 18.1.